The number of carbonyl (C=O) groups is 1. The van der Waals surface area contributed by atoms with E-state index in [0.29, 0.717) is 19.6 Å². The first kappa shape index (κ1) is 20.6. The molecule has 0 saturated carbocycles. The second-order valence-electron chi connectivity index (χ2n) is 6.89. The minimum atomic E-state index is -0.943. The quantitative estimate of drug-likeness (QED) is 0.535. The number of fused-ring (bicyclic) bond motifs is 1. The van der Waals surface area contributed by atoms with E-state index in [1.165, 1.54) is 16.3 Å². The summed E-state index contributed by atoms with van der Waals surface area (Å²) in [6.45, 7) is 4.71. The number of ether oxygens (including phenoxy) is 2. The fourth-order valence-corrected chi connectivity index (χ4v) is 3.17. The molecule has 0 aromatic heterocycles. The second-order valence-corrected chi connectivity index (χ2v) is 6.89. The number of carboxylic acid groups (broad SMARTS) is 1. The highest BCUT2D eigenvalue weighted by molar-refractivity contribution is 5.86. The molecule has 3 rings (SSSR count). The molecular formula is C25H26O4. The third-order valence-electron chi connectivity index (χ3n) is 4.83. The molecule has 0 aliphatic carbocycles. The average molecular weight is 390 g/mol. The number of carboxylic acids is 1. The van der Waals surface area contributed by atoms with Gasteiger partial charge in [0.25, 0.3) is 0 Å². The normalized spacial score (nSPS) is 12.7. The zero-order valence-electron chi connectivity index (χ0n) is 16.8. The Morgan fingerprint density at radius 2 is 1.76 bits per heavy atom. The molecule has 1 unspecified atom stereocenters. The number of hydrogen-bond donors (Lipinski definition) is 1. The third kappa shape index (κ3) is 5.69. The summed E-state index contributed by atoms with van der Waals surface area (Å²) in [5.74, 6) is -0.193. The number of benzene rings is 3. The lowest BCUT2D eigenvalue weighted by Gasteiger charge is -2.12. The maximum Gasteiger partial charge on any atom is 0.333 e. The molecule has 150 valence electrons. The van der Waals surface area contributed by atoms with E-state index in [0.717, 1.165) is 16.9 Å². The van der Waals surface area contributed by atoms with Gasteiger partial charge in [-0.25, -0.2) is 4.79 Å². The first-order chi connectivity index (χ1) is 14.1. The molecule has 0 amide bonds. The zero-order chi connectivity index (χ0) is 20.6. The summed E-state index contributed by atoms with van der Waals surface area (Å²) in [5, 5.41) is 11.6. The Kier molecular flexibility index (Phi) is 7.04. The Bertz CT molecular complexity index is 989. The SMILES string of the molecule is CCOC(Cc1ccc(OCC=C(C)c2ccc3ccccc3c2)cc1)C(=O)O. The smallest absolute Gasteiger partial charge is 0.333 e. The van der Waals surface area contributed by atoms with Gasteiger partial charge in [0, 0.05) is 13.0 Å². The third-order valence-corrected chi connectivity index (χ3v) is 4.83. The van der Waals surface area contributed by atoms with E-state index in [1.54, 1.807) is 6.92 Å². The van der Waals surface area contributed by atoms with E-state index >= 15 is 0 Å². The van der Waals surface area contributed by atoms with Gasteiger partial charge in [-0.2, -0.15) is 0 Å². The van der Waals surface area contributed by atoms with E-state index in [9.17, 15) is 9.90 Å². The van der Waals surface area contributed by atoms with Crippen LogP contribution in [0.3, 0.4) is 0 Å². The fraction of sp³-hybridized carbons (Fsp3) is 0.240. The summed E-state index contributed by atoms with van der Waals surface area (Å²) in [6, 6.07) is 22.2. The van der Waals surface area contributed by atoms with Gasteiger partial charge in [-0.05, 0) is 65.6 Å². The van der Waals surface area contributed by atoms with Crippen LogP contribution in [0.4, 0.5) is 0 Å². The molecule has 3 aromatic rings. The van der Waals surface area contributed by atoms with Gasteiger partial charge >= 0.3 is 5.97 Å². The molecular weight excluding hydrogens is 364 g/mol. The topological polar surface area (TPSA) is 55.8 Å². The van der Waals surface area contributed by atoms with E-state index in [1.807, 2.05) is 36.4 Å². The summed E-state index contributed by atoms with van der Waals surface area (Å²) < 4.78 is 11.1. The predicted octanol–water partition coefficient (Wildman–Crippen LogP) is 5.35. The van der Waals surface area contributed by atoms with E-state index in [4.69, 9.17) is 9.47 Å². The largest absolute Gasteiger partial charge is 0.490 e. The highest BCUT2D eigenvalue weighted by Crippen LogP contribution is 2.21. The van der Waals surface area contributed by atoms with Crippen LogP contribution in [-0.2, 0) is 16.0 Å². The van der Waals surface area contributed by atoms with Gasteiger partial charge < -0.3 is 14.6 Å². The van der Waals surface area contributed by atoms with E-state index < -0.39 is 12.1 Å². The van der Waals surface area contributed by atoms with E-state index in [-0.39, 0.29) is 0 Å². The molecule has 0 aliphatic heterocycles. The van der Waals surface area contributed by atoms with Crippen molar-refractivity contribution in [1.82, 2.24) is 0 Å². The van der Waals surface area contributed by atoms with Gasteiger partial charge in [0.15, 0.2) is 6.10 Å². The van der Waals surface area contributed by atoms with Crippen LogP contribution in [0.25, 0.3) is 16.3 Å². The first-order valence-electron chi connectivity index (χ1n) is 9.79. The van der Waals surface area contributed by atoms with Crippen molar-refractivity contribution in [2.45, 2.75) is 26.4 Å². The highest BCUT2D eigenvalue weighted by atomic mass is 16.5. The van der Waals surface area contributed by atoms with Gasteiger partial charge in [-0.15, -0.1) is 0 Å². The Morgan fingerprint density at radius 3 is 2.45 bits per heavy atom. The molecule has 0 saturated heterocycles. The molecule has 1 atom stereocenters. The Labute approximate surface area is 171 Å². The summed E-state index contributed by atoms with van der Waals surface area (Å²) in [6.07, 6.45) is 1.58. The molecule has 4 heteroatoms. The highest BCUT2D eigenvalue weighted by Gasteiger charge is 2.17. The lowest BCUT2D eigenvalue weighted by Crippen LogP contribution is -2.26. The van der Waals surface area contributed by atoms with Crippen molar-refractivity contribution >= 4 is 22.3 Å². The minimum Gasteiger partial charge on any atom is -0.490 e. The lowest BCUT2D eigenvalue weighted by atomic mass is 10.0. The molecule has 0 fully saturated rings. The summed E-state index contributed by atoms with van der Waals surface area (Å²) in [7, 11) is 0. The standard InChI is InChI=1S/C25H26O4/c1-3-28-24(25(26)27)16-19-8-12-23(13-9-19)29-15-14-18(2)21-11-10-20-6-4-5-7-22(20)17-21/h4-14,17,24H,3,15-16H2,1-2H3,(H,26,27). The van der Waals surface area contributed by atoms with Crippen LogP contribution in [0.5, 0.6) is 5.75 Å². The number of aliphatic carboxylic acids is 1. The van der Waals surface area contributed by atoms with Crippen molar-refractivity contribution in [2.24, 2.45) is 0 Å². The van der Waals surface area contributed by atoms with Gasteiger partial charge in [0.1, 0.15) is 12.4 Å². The average Bonchev–Trinajstić information content (AvgIpc) is 2.74. The molecule has 0 radical (unpaired) electrons. The molecule has 3 aromatic carbocycles. The monoisotopic (exact) mass is 390 g/mol. The molecule has 0 aliphatic rings. The van der Waals surface area contributed by atoms with Crippen molar-refractivity contribution in [2.75, 3.05) is 13.2 Å². The number of hydrogen-bond acceptors (Lipinski definition) is 3. The molecule has 29 heavy (non-hydrogen) atoms. The maximum atomic E-state index is 11.2. The van der Waals surface area contributed by atoms with Crippen molar-refractivity contribution in [3.8, 4) is 5.75 Å². The summed E-state index contributed by atoms with van der Waals surface area (Å²) in [4.78, 5) is 11.2. The summed E-state index contributed by atoms with van der Waals surface area (Å²) >= 11 is 0. The van der Waals surface area contributed by atoms with Crippen LogP contribution < -0.4 is 4.74 Å². The molecule has 4 nitrogen and oxygen atoms in total. The van der Waals surface area contributed by atoms with Gasteiger partial charge in [0.05, 0.1) is 0 Å². The number of rotatable bonds is 9. The van der Waals surface area contributed by atoms with Crippen LogP contribution in [0.15, 0.2) is 72.8 Å². The van der Waals surface area contributed by atoms with Crippen molar-refractivity contribution in [3.63, 3.8) is 0 Å². The van der Waals surface area contributed by atoms with Crippen LogP contribution in [0, 0.1) is 0 Å². The van der Waals surface area contributed by atoms with Crippen molar-refractivity contribution in [3.05, 3.63) is 83.9 Å². The van der Waals surface area contributed by atoms with Gasteiger partial charge in [-0.1, -0.05) is 48.5 Å². The van der Waals surface area contributed by atoms with Crippen LogP contribution in [0.2, 0.25) is 0 Å². The van der Waals surface area contributed by atoms with Gasteiger partial charge in [-0.3, -0.25) is 0 Å². The number of allylic oxidation sites excluding steroid dienone is 1. The molecule has 0 spiro atoms. The van der Waals surface area contributed by atoms with Crippen molar-refractivity contribution < 1.29 is 19.4 Å². The van der Waals surface area contributed by atoms with Gasteiger partial charge in [0.2, 0.25) is 0 Å². The Morgan fingerprint density at radius 1 is 1.03 bits per heavy atom. The van der Waals surface area contributed by atoms with Crippen LogP contribution in [-0.4, -0.2) is 30.4 Å². The first-order valence-corrected chi connectivity index (χ1v) is 9.79. The van der Waals surface area contributed by atoms with Crippen LogP contribution in [0.1, 0.15) is 25.0 Å². The molecule has 0 heterocycles. The van der Waals surface area contributed by atoms with Crippen molar-refractivity contribution in [1.29, 1.82) is 0 Å². The minimum absolute atomic E-state index is 0.338. The Balaban J connectivity index is 1.58. The predicted molar refractivity (Wildman–Crippen MR) is 116 cm³/mol. The zero-order valence-corrected chi connectivity index (χ0v) is 16.8. The molecule has 0 bridgehead atoms. The van der Waals surface area contributed by atoms with E-state index in [2.05, 4.69) is 43.3 Å². The summed E-state index contributed by atoms with van der Waals surface area (Å²) in [5.41, 5.74) is 3.24. The molecule has 1 N–H and O–H groups in total. The fourth-order valence-electron chi connectivity index (χ4n) is 3.17. The Hall–Kier alpha value is -3.11. The van der Waals surface area contributed by atoms with Crippen LogP contribution >= 0.6 is 0 Å². The second kappa shape index (κ2) is 9.89. The lowest BCUT2D eigenvalue weighted by molar-refractivity contribution is -0.149. The maximum absolute atomic E-state index is 11.2.